The predicted octanol–water partition coefficient (Wildman–Crippen LogP) is 11.4. The van der Waals surface area contributed by atoms with Gasteiger partial charge in [0.2, 0.25) is 0 Å². The molecule has 0 rings (SSSR count). The lowest BCUT2D eigenvalue weighted by molar-refractivity contribution is -0.161. The van der Waals surface area contributed by atoms with Crippen molar-refractivity contribution in [2.24, 2.45) is 0 Å². The van der Waals surface area contributed by atoms with Crippen molar-refractivity contribution in [3.8, 4) is 0 Å². The molecule has 0 aliphatic rings. The maximum atomic E-state index is 12.4. The van der Waals surface area contributed by atoms with Crippen molar-refractivity contribution < 1.29 is 37.9 Å². The highest BCUT2D eigenvalue weighted by Gasteiger charge is 2.22. The second-order valence-electron chi connectivity index (χ2n) is 12.9. The number of allylic oxidation sites excluding steroid dienone is 6. The third-order valence-corrected chi connectivity index (χ3v) is 8.65. The molecule has 0 saturated heterocycles. The molecule has 0 bridgehead atoms. The summed E-state index contributed by atoms with van der Waals surface area (Å²) in [6.07, 6.45) is 40.0. The van der Waals surface area contributed by atoms with Crippen LogP contribution in [0.15, 0.2) is 36.5 Å². The Labute approximate surface area is 293 Å². The van der Waals surface area contributed by atoms with E-state index in [-0.39, 0.29) is 19.4 Å². The molecule has 0 amide bonds. The molecule has 0 aliphatic heterocycles. The lowest BCUT2D eigenvalue weighted by Crippen LogP contribution is -2.29. The molecule has 0 unspecified atom stereocenters. The van der Waals surface area contributed by atoms with E-state index in [2.05, 4.69) is 54.8 Å². The third kappa shape index (κ3) is 37.1. The Kier molecular flexibility index (Phi) is 33.8. The molecule has 0 saturated carbocycles. The van der Waals surface area contributed by atoms with Gasteiger partial charge in [0.1, 0.15) is 6.61 Å². The molecule has 8 nitrogen and oxygen atoms in total. The van der Waals surface area contributed by atoms with Gasteiger partial charge in [0, 0.05) is 12.8 Å². The van der Waals surface area contributed by atoms with Crippen molar-refractivity contribution in [3.05, 3.63) is 36.5 Å². The number of hydrogen-bond donors (Lipinski definition) is 2. The zero-order chi connectivity index (χ0) is 35.4. The maximum Gasteiger partial charge on any atom is 0.469 e. The smallest absolute Gasteiger partial charge is 0.462 e. The molecule has 0 aromatic rings. The van der Waals surface area contributed by atoms with Gasteiger partial charge in [-0.3, -0.25) is 14.1 Å². The topological polar surface area (TPSA) is 119 Å². The fraction of sp³-hybridized carbons (Fsp3) is 0.795. The minimum absolute atomic E-state index is 0.188. The number of carbonyl (C=O) groups excluding carboxylic acids is 2. The number of ether oxygens (including phenoxy) is 2. The van der Waals surface area contributed by atoms with Crippen molar-refractivity contribution in [1.29, 1.82) is 0 Å². The Morgan fingerprint density at radius 2 is 0.938 bits per heavy atom. The Morgan fingerprint density at radius 1 is 0.542 bits per heavy atom. The van der Waals surface area contributed by atoms with Crippen LogP contribution < -0.4 is 0 Å². The fourth-order valence-corrected chi connectivity index (χ4v) is 5.62. The quantitative estimate of drug-likeness (QED) is 0.0290. The van der Waals surface area contributed by atoms with Crippen LogP contribution in [0.5, 0.6) is 0 Å². The predicted molar refractivity (Wildman–Crippen MR) is 198 cm³/mol. The second kappa shape index (κ2) is 35.1. The normalized spacial score (nSPS) is 12.8. The summed E-state index contributed by atoms with van der Waals surface area (Å²) in [7, 11) is -4.75. The highest BCUT2D eigenvalue weighted by molar-refractivity contribution is 7.46. The molecule has 9 heteroatoms. The summed E-state index contributed by atoms with van der Waals surface area (Å²) in [5.41, 5.74) is 0. The number of rotatable bonds is 35. The van der Waals surface area contributed by atoms with E-state index >= 15 is 0 Å². The van der Waals surface area contributed by atoms with E-state index in [0.29, 0.717) is 6.42 Å². The van der Waals surface area contributed by atoms with Crippen LogP contribution in [0.1, 0.15) is 181 Å². The van der Waals surface area contributed by atoms with E-state index < -0.39 is 32.5 Å². The van der Waals surface area contributed by atoms with Crippen LogP contribution in [0, 0.1) is 0 Å². The standard InChI is InChI=1S/C39H71O8P/c1-3-5-7-9-11-13-15-17-18-19-20-22-24-26-28-30-32-34-39(41)47-37(36-46-48(42,43)44)35-45-38(40)33-31-29-27-25-23-21-16-14-12-10-8-6-4-2/h11,13,17-18,20,22,37H,3-10,12,14-16,19,21,23-36H2,1-2H3,(H2,42,43,44)/b13-11+,18-17+,22-20+/t37-/m1/s1. The van der Waals surface area contributed by atoms with Crippen LogP contribution in [0.4, 0.5) is 0 Å². The lowest BCUT2D eigenvalue weighted by atomic mass is 10.0. The summed E-state index contributed by atoms with van der Waals surface area (Å²) in [4.78, 5) is 42.7. The highest BCUT2D eigenvalue weighted by Crippen LogP contribution is 2.36. The van der Waals surface area contributed by atoms with E-state index in [4.69, 9.17) is 19.3 Å². The Balaban J connectivity index is 4.00. The van der Waals surface area contributed by atoms with E-state index in [9.17, 15) is 14.2 Å². The molecule has 0 spiro atoms. The largest absolute Gasteiger partial charge is 0.469 e. The molecule has 0 fully saturated rings. The second-order valence-corrected chi connectivity index (χ2v) is 14.1. The van der Waals surface area contributed by atoms with Crippen LogP contribution in [0.3, 0.4) is 0 Å². The van der Waals surface area contributed by atoms with Gasteiger partial charge in [-0.25, -0.2) is 4.57 Å². The molecular weight excluding hydrogens is 627 g/mol. The minimum atomic E-state index is -4.75. The summed E-state index contributed by atoms with van der Waals surface area (Å²) in [5, 5.41) is 0. The van der Waals surface area contributed by atoms with Crippen molar-refractivity contribution in [1.82, 2.24) is 0 Å². The molecule has 2 N–H and O–H groups in total. The summed E-state index contributed by atoms with van der Waals surface area (Å²) in [6.45, 7) is 3.63. The van der Waals surface area contributed by atoms with Crippen LogP contribution >= 0.6 is 7.82 Å². The number of phosphoric acid groups is 1. The molecule has 0 radical (unpaired) electrons. The monoisotopic (exact) mass is 698 g/mol. The first-order valence-corrected chi connectivity index (χ1v) is 20.8. The van der Waals surface area contributed by atoms with Crippen LogP contribution in [-0.4, -0.2) is 41.0 Å². The number of carbonyl (C=O) groups is 2. The zero-order valence-electron chi connectivity index (χ0n) is 30.6. The van der Waals surface area contributed by atoms with Gasteiger partial charge >= 0.3 is 19.8 Å². The SMILES string of the molecule is CCCCC/C=C/C/C=C/C/C=C/CCCCCCC(=O)O[C@H](COC(=O)CCCCCCCCCCCCCCC)COP(=O)(O)O. The zero-order valence-corrected chi connectivity index (χ0v) is 31.5. The average molecular weight is 699 g/mol. The van der Waals surface area contributed by atoms with Crippen LogP contribution in [-0.2, 0) is 28.2 Å². The van der Waals surface area contributed by atoms with E-state index in [1.54, 1.807) is 0 Å². The summed E-state index contributed by atoms with van der Waals surface area (Å²) in [5.74, 6) is -0.907. The van der Waals surface area contributed by atoms with Crippen molar-refractivity contribution in [3.63, 3.8) is 0 Å². The first-order valence-electron chi connectivity index (χ1n) is 19.3. The van der Waals surface area contributed by atoms with Gasteiger partial charge < -0.3 is 19.3 Å². The van der Waals surface area contributed by atoms with Crippen LogP contribution in [0.2, 0.25) is 0 Å². The average Bonchev–Trinajstić information content (AvgIpc) is 3.05. The van der Waals surface area contributed by atoms with Gasteiger partial charge in [-0.05, 0) is 51.4 Å². The van der Waals surface area contributed by atoms with Gasteiger partial charge in [-0.1, -0.05) is 153 Å². The molecule has 48 heavy (non-hydrogen) atoms. The van der Waals surface area contributed by atoms with Gasteiger partial charge in [0.05, 0.1) is 6.61 Å². The molecule has 280 valence electrons. The first kappa shape index (κ1) is 46.3. The Hall–Kier alpha value is -1.73. The number of unbranched alkanes of at least 4 members (excludes halogenated alkanes) is 19. The van der Waals surface area contributed by atoms with Gasteiger partial charge in [0.25, 0.3) is 0 Å². The summed E-state index contributed by atoms with van der Waals surface area (Å²) < 4.78 is 26.3. The molecular formula is C39H71O8P. The molecule has 1 atom stereocenters. The van der Waals surface area contributed by atoms with Gasteiger partial charge in [-0.15, -0.1) is 0 Å². The van der Waals surface area contributed by atoms with E-state index in [1.165, 1.54) is 89.9 Å². The molecule has 0 aromatic carbocycles. The van der Waals surface area contributed by atoms with Gasteiger partial charge in [-0.2, -0.15) is 0 Å². The Bertz CT molecular complexity index is 879. The fourth-order valence-electron chi connectivity index (χ4n) is 5.26. The number of esters is 2. The van der Waals surface area contributed by atoms with E-state index in [1.807, 2.05) is 0 Å². The first-order chi connectivity index (χ1) is 23.3. The van der Waals surface area contributed by atoms with Crippen molar-refractivity contribution in [2.75, 3.05) is 13.2 Å². The number of hydrogen-bond acceptors (Lipinski definition) is 6. The molecule has 0 aliphatic carbocycles. The van der Waals surface area contributed by atoms with Crippen LogP contribution in [0.25, 0.3) is 0 Å². The molecule has 0 aromatic heterocycles. The third-order valence-electron chi connectivity index (χ3n) is 8.16. The van der Waals surface area contributed by atoms with Gasteiger partial charge in [0.15, 0.2) is 6.10 Å². The van der Waals surface area contributed by atoms with E-state index in [0.717, 1.165) is 57.8 Å². The summed E-state index contributed by atoms with van der Waals surface area (Å²) in [6, 6.07) is 0. The summed E-state index contributed by atoms with van der Waals surface area (Å²) >= 11 is 0. The maximum absolute atomic E-state index is 12.4. The number of phosphoric ester groups is 1. The lowest BCUT2D eigenvalue weighted by Gasteiger charge is -2.18. The Morgan fingerprint density at radius 3 is 1.44 bits per heavy atom. The minimum Gasteiger partial charge on any atom is -0.462 e. The van der Waals surface area contributed by atoms with Crippen molar-refractivity contribution in [2.45, 2.75) is 187 Å². The molecule has 0 heterocycles. The highest BCUT2D eigenvalue weighted by atomic mass is 31.2. The van der Waals surface area contributed by atoms with Crippen molar-refractivity contribution >= 4 is 19.8 Å².